The third-order valence-corrected chi connectivity index (χ3v) is 5.03. The predicted molar refractivity (Wildman–Crippen MR) is 93.8 cm³/mol. The molecule has 0 unspecified atom stereocenters. The molecule has 2 atom stereocenters. The number of likely N-dealkylation sites (tertiary alicyclic amines) is 1. The van der Waals surface area contributed by atoms with Gasteiger partial charge in [-0.3, -0.25) is 9.59 Å². The fourth-order valence-electron chi connectivity index (χ4n) is 3.76. The van der Waals surface area contributed by atoms with Crippen LogP contribution >= 0.6 is 0 Å². The Bertz CT molecular complexity index is 448. The maximum Gasteiger partial charge on any atom is 0.248 e. The van der Waals surface area contributed by atoms with Gasteiger partial charge < -0.3 is 30.3 Å². The summed E-state index contributed by atoms with van der Waals surface area (Å²) in [7, 11) is 2.15. The molecule has 0 spiro atoms. The Balaban J connectivity index is 1.85. The number of piperidine rings is 1. The van der Waals surface area contributed by atoms with Crippen LogP contribution in [-0.2, 0) is 14.3 Å². The van der Waals surface area contributed by atoms with E-state index in [9.17, 15) is 14.7 Å². The number of hydrogen-bond donors (Lipinski definition) is 2. The van der Waals surface area contributed by atoms with Crippen molar-refractivity contribution < 1.29 is 19.4 Å². The monoisotopic (exact) mass is 356 g/mol. The molecule has 2 saturated heterocycles. The van der Waals surface area contributed by atoms with Crippen molar-refractivity contribution in [3.05, 3.63) is 0 Å². The van der Waals surface area contributed by atoms with Crippen LogP contribution in [0.15, 0.2) is 0 Å². The highest BCUT2D eigenvalue weighted by Gasteiger charge is 2.31. The van der Waals surface area contributed by atoms with Crippen molar-refractivity contribution in [2.24, 2.45) is 17.6 Å². The summed E-state index contributed by atoms with van der Waals surface area (Å²) < 4.78 is 5.05. The highest BCUT2D eigenvalue weighted by molar-refractivity contribution is 5.79. The molecule has 2 rings (SSSR count). The van der Waals surface area contributed by atoms with Crippen molar-refractivity contribution in [3.8, 4) is 0 Å². The molecule has 2 fully saturated rings. The minimum Gasteiger partial charge on any atom is -0.396 e. The highest BCUT2D eigenvalue weighted by Crippen LogP contribution is 2.23. The zero-order valence-electron chi connectivity index (χ0n) is 15.2. The number of likely N-dealkylation sites (N-methyl/N-ethyl adjacent to an activating group) is 1. The smallest absolute Gasteiger partial charge is 0.248 e. The van der Waals surface area contributed by atoms with Crippen LogP contribution in [0.5, 0.6) is 0 Å². The summed E-state index contributed by atoms with van der Waals surface area (Å²) in [5.74, 6) is -0.258. The largest absolute Gasteiger partial charge is 0.396 e. The molecule has 144 valence electrons. The van der Waals surface area contributed by atoms with Crippen LogP contribution in [0.25, 0.3) is 0 Å². The van der Waals surface area contributed by atoms with Crippen LogP contribution in [0.2, 0.25) is 0 Å². The number of ether oxygens (including phenoxy) is 1. The Morgan fingerprint density at radius 1 is 1.12 bits per heavy atom. The van der Waals surface area contributed by atoms with Crippen LogP contribution in [0.3, 0.4) is 0 Å². The van der Waals surface area contributed by atoms with Crippen LogP contribution < -0.4 is 5.73 Å². The zero-order chi connectivity index (χ0) is 18.2. The number of amides is 2. The summed E-state index contributed by atoms with van der Waals surface area (Å²) >= 11 is 0. The summed E-state index contributed by atoms with van der Waals surface area (Å²) in [5.41, 5.74) is 5.02. The van der Waals surface area contributed by atoms with Crippen LogP contribution in [0.1, 0.15) is 12.8 Å². The fourth-order valence-corrected chi connectivity index (χ4v) is 3.76. The summed E-state index contributed by atoms with van der Waals surface area (Å²) in [6.45, 7) is 6.22. The van der Waals surface area contributed by atoms with E-state index < -0.39 is 5.91 Å². The molecule has 2 heterocycles. The van der Waals surface area contributed by atoms with E-state index in [1.807, 2.05) is 0 Å². The van der Waals surface area contributed by atoms with E-state index in [1.165, 1.54) is 0 Å². The number of rotatable bonds is 7. The van der Waals surface area contributed by atoms with E-state index in [1.54, 1.807) is 4.90 Å². The molecular formula is C17H32N4O4. The lowest BCUT2D eigenvalue weighted by molar-refractivity contribution is -0.141. The van der Waals surface area contributed by atoms with Gasteiger partial charge in [0.1, 0.15) is 13.2 Å². The van der Waals surface area contributed by atoms with Gasteiger partial charge in [0, 0.05) is 39.3 Å². The van der Waals surface area contributed by atoms with Crippen LogP contribution in [0.4, 0.5) is 0 Å². The van der Waals surface area contributed by atoms with E-state index in [-0.39, 0.29) is 31.6 Å². The summed E-state index contributed by atoms with van der Waals surface area (Å²) in [6.07, 6.45) is 2.10. The average molecular weight is 356 g/mol. The first-order valence-electron chi connectivity index (χ1n) is 9.13. The second-order valence-electron chi connectivity index (χ2n) is 7.37. The molecule has 8 heteroatoms. The lowest BCUT2D eigenvalue weighted by Gasteiger charge is -2.39. The fraction of sp³-hybridized carbons (Fsp3) is 0.882. The van der Waals surface area contributed by atoms with E-state index in [0.29, 0.717) is 19.0 Å². The molecule has 8 nitrogen and oxygen atoms in total. The van der Waals surface area contributed by atoms with Gasteiger partial charge >= 0.3 is 0 Å². The van der Waals surface area contributed by atoms with Crippen LogP contribution in [0, 0.1) is 11.8 Å². The molecule has 25 heavy (non-hydrogen) atoms. The number of aliphatic hydroxyl groups is 1. The third-order valence-electron chi connectivity index (χ3n) is 5.03. The van der Waals surface area contributed by atoms with E-state index in [0.717, 1.165) is 45.6 Å². The molecule has 2 aliphatic heterocycles. The lowest BCUT2D eigenvalue weighted by Crippen LogP contribution is -2.49. The van der Waals surface area contributed by atoms with Gasteiger partial charge in [-0.2, -0.15) is 0 Å². The molecule has 2 amide bonds. The standard InChI is InChI=1S/C17H32N4O4/c1-19-3-2-4-20(6-5-19)8-14-7-15(11-22)10-21(9-14)17(24)13-25-12-16(18)23/h14-15,22H,2-13H2,1H3,(H2,18,23)/t14-,15+/m1/s1. The summed E-state index contributed by atoms with van der Waals surface area (Å²) in [6, 6.07) is 0. The first kappa shape index (κ1) is 20.1. The quantitative estimate of drug-likeness (QED) is 0.581. The van der Waals surface area contributed by atoms with Crippen molar-refractivity contribution in [1.29, 1.82) is 0 Å². The van der Waals surface area contributed by atoms with Crippen molar-refractivity contribution in [3.63, 3.8) is 0 Å². The van der Waals surface area contributed by atoms with Gasteiger partial charge in [0.25, 0.3) is 0 Å². The molecule has 3 N–H and O–H groups in total. The number of aliphatic hydroxyl groups excluding tert-OH is 1. The molecule has 2 aliphatic rings. The second kappa shape index (κ2) is 10.1. The first-order valence-corrected chi connectivity index (χ1v) is 9.13. The van der Waals surface area contributed by atoms with Gasteiger partial charge in [0.15, 0.2) is 0 Å². The Morgan fingerprint density at radius 2 is 1.88 bits per heavy atom. The Kier molecular flexibility index (Phi) is 8.08. The lowest BCUT2D eigenvalue weighted by atomic mass is 9.89. The molecule has 0 aromatic rings. The van der Waals surface area contributed by atoms with Crippen molar-refractivity contribution in [2.45, 2.75) is 12.8 Å². The van der Waals surface area contributed by atoms with Crippen molar-refractivity contribution in [2.75, 3.05) is 72.7 Å². The summed E-state index contributed by atoms with van der Waals surface area (Å²) in [5, 5.41) is 9.59. The van der Waals surface area contributed by atoms with E-state index in [4.69, 9.17) is 10.5 Å². The highest BCUT2D eigenvalue weighted by atomic mass is 16.5. The number of primary amides is 1. The van der Waals surface area contributed by atoms with Gasteiger partial charge in [0.2, 0.25) is 11.8 Å². The van der Waals surface area contributed by atoms with Gasteiger partial charge in [0.05, 0.1) is 0 Å². The first-order chi connectivity index (χ1) is 12.0. The number of nitrogens with zero attached hydrogens (tertiary/aromatic N) is 3. The number of hydrogen-bond acceptors (Lipinski definition) is 6. The topological polar surface area (TPSA) is 99.3 Å². The second-order valence-corrected chi connectivity index (χ2v) is 7.37. The van der Waals surface area contributed by atoms with Gasteiger partial charge in [-0.05, 0) is 44.8 Å². The van der Waals surface area contributed by atoms with Crippen molar-refractivity contribution in [1.82, 2.24) is 14.7 Å². The zero-order valence-corrected chi connectivity index (χ0v) is 15.2. The maximum absolute atomic E-state index is 12.3. The number of carbonyl (C=O) groups excluding carboxylic acids is 2. The van der Waals surface area contributed by atoms with Gasteiger partial charge in [-0.1, -0.05) is 0 Å². The van der Waals surface area contributed by atoms with Crippen molar-refractivity contribution >= 4 is 11.8 Å². The summed E-state index contributed by atoms with van der Waals surface area (Å²) in [4.78, 5) is 29.6. The molecular weight excluding hydrogens is 324 g/mol. The third kappa shape index (κ3) is 6.89. The number of nitrogens with two attached hydrogens (primary N) is 1. The van der Waals surface area contributed by atoms with Crippen LogP contribution in [-0.4, -0.2) is 104 Å². The minimum atomic E-state index is -0.580. The normalized spacial score (nSPS) is 26.4. The molecule has 0 bridgehead atoms. The van der Waals surface area contributed by atoms with Gasteiger partial charge in [-0.25, -0.2) is 0 Å². The Hall–Kier alpha value is -1.22. The SMILES string of the molecule is CN1CCCN(C[C@H]2C[C@H](CO)CN(C(=O)COCC(N)=O)C2)CC1. The molecule has 0 radical (unpaired) electrons. The average Bonchev–Trinajstić information content (AvgIpc) is 2.78. The molecule has 0 aromatic carbocycles. The number of carbonyl (C=O) groups is 2. The maximum atomic E-state index is 12.3. The van der Waals surface area contributed by atoms with Gasteiger partial charge in [-0.15, -0.1) is 0 Å². The Morgan fingerprint density at radius 3 is 2.60 bits per heavy atom. The minimum absolute atomic E-state index is 0.0885. The van der Waals surface area contributed by atoms with E-state index >= 15 is 0 Å². The molecule has 0 aromatic heterocycles. The molecule has 0 saturated carbocycles. The van der Waals surface area contributed by atoms with E-state index in [2.05, 4.69) is 16.8 Å². The predicted octanol–water partition coefficient (Wildman–Crippen LogP) is -1.42. The Labute approximate surface area is 149 Å². The molecule has 0 aliphatic carbocycles.